The fourth-order valence-electron chi connectivity index (χ4n) is 0.993. The molecule has 0 saturated heterocycles. The summed E-state index contributed by atoms with van der Waals surface area (Å²) in [6, 6.07) is 6.20. The first-order chi connectivity index (χ1) is 7.52. The summed E-state index contributed by atoms with van der Waals surface area (Å²) in [6.07, 6.45) is 0. The minimum Gasteiger partial charge on any atom is -0.398 e. The molecule has 0 aromatic heterocycles. The minimum absolute atomic E-state index is 0.321. The number of carbonyl (C=O) groups excluding carboxylic acids is 2. The van der Waals surface area contributed by atoms with Gasteiger partial charge in [-0.15, -0.1) is 0 Å². The van der Waals surface area contributed by atoms with E-state index in [9.17, 15) is 9.59 Å². The van der Waals surface area contributed by atoms with Crippen molar-refractivity contribution in [2.45, 2.75) is 0 Å². The lowest BCUT2D eigenvalue weighted by molar-refractivity contribution is 0.0933. The molecule has 86 valence electrons. The molecule has 4 N–H and O–H groups in total. The molecule has 0 heterocycles. The van der Waals surface area contributed by atoms with Crippen LogP contribution in [0.1, 0.15) is 10.4 Å². The number of anilines is 1. The normalized spacial score (nSPS) is 9.38. The molecule has 0 aliphatic heterocycles. The summed E-state index contributed by atoms with van der Waals surface area (Å²) < 4.78 is 0. The molecule has 1 aromatic rings. The van der Waals surface area contributed by atoms with E-state index in [2.05, 4.69) is 10.9 Å². The van der Waals surface area contributed by atoms with Gasteiger partial charge in [-0.25, -0.2) is 10.2 Å². The third kappa shape index (κ3) is 2.88. The average molecular weight is 222 g/mol. The van der Waals surface area contributed by atoms with Gasteiger partial charge in [-0.3, -0.25) is 10.2 Å². The maximum Gasteiger partial charge on any atom is 0.335 e. The van der Waals surface area contributed by atoms with E-state index >= 15 is 0 Å². The lowest BCUT2D eigenvalue weighted by Gasteiger charge is -2.13. The zero-order valence-electron chi connectivity index (χ0n) is 9.15. The molecule has 0 saturated carbocycles. The Morgan fingerprint density at radius 2 is 1.81 bits per heavy atom. The molecule has 0 atom stereocenters. The largest absolute Gasteiger partial charge is 0.398 e. The molecule has 0 aliphatic carbocycles. The highest BCUT2D eigenvalue weighted by Gasteiger charge is 2.10. The predicted molar refractivity (Wildman–Crippen MR) is 60.5 cm³/mol. The minimum atomic E-state index is -0.451. The van der Waals surface area contributed by atoms with Crippen molar-refractivity contribution in [3.05, 3.63) is 29.8 Å². The summed E-state index contributed by atoms with van der Waals surface area (Å²) in [5.41, 5.74) is 10.8. The van der Waals surface area contributed by atoms with Gasteiger partial charge in [-0.2, -0.15) is 0 Å². The van der Waals surface area contributed by atoms with Crippen LogP contribution in [0.25, 0.3) is 0 Å². The van der Waals surface area contributed by atoms with Crippen LogP contribution in [-0.4, -0.2) is 30.9 Å². The molecular formula is C10H14N4O2. The van der Waals surface area contributed by atoms with Crippen LogP contribution in [0.15, 0.2) is 24.3 Å². The number of benzene rings is 1. The van der Waals surface area contributed by atoms with Gasteiger partial charge in [-0.1, -0.05) is 12.1 Å². The van der Waals surface area contributed by atoms with Gasteiger partial charge >= 0.3 is 6.03 Å². The second kappa shape index (κ2) is 5.01. The number of nitrogen functional groups attached to an aromatic ring is 1. The van der Waals surface area contributed by atoms with E-state index in [4.69, 9.17) is 5.73 Å². The van der Waals surface area contributed by atoms with E-state index in [0.29, 0.717) is 11.3 Å². The maximum atomic E-state index is 11.6. The van der Waals surface area contributed by atoms with Crippen LogP contribution in [0.3, 0.4) is 0 Å². The molecule has 0 unspecified atom stereocenters. The maximum absolute atomic E-state index is 11.6. The van der Waals surface area contributed by atoms with Gasteiger partial charge in [-0.05, 0) is 12.1 Å². The van der Waals surface area contributed by atoms with Crippen molar-refractivity contribution < 1.29 is 9.59 Å². The zero-order valence-corrected chi connectivity index (χ0v) is 9.15. The summed E-state index contributed by atoms with van der Waals surface area (Å²) in [6.45, 7) is 0. The number of carbonyl (C=O) groups is 2. The molecule has 0 radical (unpaired) electrons. The molecule has 0 bridgehead atoms. The summed E-state index contributed by atoms with van der Waals surface area (Å²) in [5.74, 6) is -0.451. The van der Waals surface area contributed by atoms with E-state index in [1.54, 1.807) is 38.4 Å². The first kappa shape index (κ1) is 11.8. The molecule has 0 fully saturated rings. The van der Waals surface area contributed by atoms with Gasteiger partial charge in [0.05, 0.1) is 5.56 Å². The Kier molecular flexibility index (Phi) is 3.71. The molecule has 6 heteroatoms. The standard InChI is InChI=1S/C10H14N4O2/c1-14(2)10(16)13-12-9(15)7-5-3-4-6-8(7)11/h3-6H,11H2,1-2H3,(H,12,15)(H,13,16). The number of hydrazine groups is 1. The fourth-order valence-corrected chi connectivity index (χ4v) is 0.993. The average Bonchev–Trinajstić information content (AvgIpc) is 2.25. The van der Waals surface area contributed by atoms with Gasteiger partial charge in [0.1, 0.15) is 0 Å². The number of amides is 3. The molecule has 3 amide bonds. The van der Waals surface area contributed by atoms with Gasteiger partial charge in [0.15, 0.2) is 0 Å². The lowest BCUT2D eigenvalue weighted by atomic mass is 10.2. The predicted octanol–water partition coefficient (Wildman–Crippen LogP) is 0.185. The number of urea groups is 1. The molecule has 6 nitrogen and oxygen atoms in total. The fraction of sp³-hybridized carbons (Fsp3) is 0.200. The van der Waals surface area contributed by atoms with E-state index < -0.39 is 11.9 Å². The lowest BCUT2D eigenvalue weighted by Crippen LogP contribution is -2.46. The van der Waals surface area contributed by atoms with Crippen molar-refractivity contribution >= 4 is 17.6 Å². The molecule has 1 rings (SSSR count). The molecule has 1 aromatic carbocycles. The third-order valence-corrected chi connectivity index (χ3v) is 1.89. The Bertz CT molecular complexity index is 404. The molecule has 16 heavy (non-hydrogen) atoms. The van der Waals surface area contributed by atoms with Gasteiger partial charge < -0.3 is 10.6 Å². The van der Waals surface area contributed by atoms with Crippen molar-refractivity contribution in [1.82, 2.24) is 15.8 Å². The number of hydrogen-bond donors (Lipinski definition) is 3. The van der Waals surface area contributed by atoms with Crippen LogP contribution >= 0.6 is 0 Å². The molecular weight excluding hydrogens is 208 g/mol. The van der Waals surface area contributed by atoms with Crippen LogP contribution in [0, 0.1) is 0 Å². The monoisotopic (exact) mass is 222 g/mol. The van der Waals surface area contributed by atoms with Gasteiger partial charge in [0, 0.05) is 19.8 Å². The van der Waals surface area contributed by atoms with Crippen LogP contribution < -0.4 is 16.6 Å². The Morgan fingerprint density at radius 1 is 1.19 bits per heavy atom. The highest BCUT2D eigenvalue weighted by molar-refractivity contribution is 5.99. The van der Waals surface area contributed by atoms with E-state index in [0.717, 1.165) is 0 Å². The summed E-state index contributed by atoms with van der Waals surface area (Å²) in [7, 11) is 3.14. The van der Waals surface area contributed by atoms with E-state index in [-0.39, 0.29) is 0 Å². The van der Waals surface area contributed by atoms with Crippen LogP contribution in [0.2, 0.25) is 0 Å². The number of hydrogen-bond acceptors (Lipinski definition) is 3. The summed E-state index contributed by atoms with van der Waals surface area (Å²) in [5, 5.41) is 0. The second-order valence-electron chi connectivity index (χ2n) is 3.37. The highest BCUT2D eigenvalue weighted by Crippen LogP contribution is 2.09. The van der Waals surface area contributed by atoms with Crippen LogP contribution in [0.5, 0.6) is 0 Å². The van der Waals surface area contributed by atoms with Crippen LogP contribution in [0.4, 0.5) is 10.5 Å². The van der Waals surface area contributed by atoms with Crippen molar-refractivity contribution in [1.29, 1.82) is 0 Å². The number of rotatable bonds is 1. The smallest absolute Gasteiger partial charge is 0.335 e. The van der Waals surface area contributed by atoms with Crippen molar-refractivity contribution in [2.75, 3.05) is 19.8 Å². The third-order valence-electron chi connectivity index (χ3n) is 1.89. The van der Waals surface area contributed by atoms with Crippen molar-refractivity contribution in [2.24, 2.45) is 0 Å². The van der Waals surface area contributed by atoms with Crippen molar-refractivity contribution in [3.63, 3.8) is 0 Å². The number of nitrogens with zero attached hydrogens (tertiary/aromatic N) is 1. The Morgan fingerprint density at radius 3 is 2.38 bits per heavy atom. The molecule has 0 spiro atoms. The van der Waals surface area contributed by atoms with Crippen molar-refractivity contribution in [3.8, 4) is 0 Å². The summed E-state index contributed by atoms with van der Waals surface area (Å²) >= 11 is 0. The first-order valence-electron chi connectivity index (χ1n) is 4.64. The Hall–Kier alpha value is -2.24. The number of nitrogens with one attached hydrogen (secondary N) is 2. The molecule has 0 aliphatic rings. The Balaban J connectivity index is 2.60. The number of nitrogens with two attached hydrogens (primary N) is 1. The zero-order chi connectivity index (χ0) is 12.1. The first-order valence-corrected chi connectivity index (χ1v) is 4.64. The summed E-state index contributed by atoms with van der Waals surface area (Å²) in [4.78, 5) is 24.0. The number of para-hydroxylation sites is 1. The quantitative estimate of drug-likeness (QED) is 0.468. The highest BCUT2D eigenvalue weighted by atomic mass is 16.2. The van der Waals surface area contributed by atoms with E-state index in [1.165, 1.54) is 4.90 Å². The Labute approximate surface area is 93.4 Å². The van der Waals surface area contributed by atoms with E-state index in [1.807, 2.05) is 0 Å². The van der Waals surface area contributed by atoms with Crippen LogP contribution in [-0.2, 0) is 0 Å². The van der Waals surface area contributed by atoms with Gasteiger partial charge in [0.2, 0.25) is 0 Å². The second-order valence-corrected chi connectivity index (χ2v) is 3.37. The van der Waals surface area contributed by atoms with Gasteiger partial charge in [0.25, 0.3) is 5.91 Å². The topological polar surface area (TPSA) is 87.5 Å². The SMILES string of the molecule is CN(C)C(=O)NNC(=O)c1ccccc1N.